The zero-order chi connectivity index (χ0) is 14.8. The molecule has 0 bridgehead atoms. The summed E-state index contributed by atoms with van der Waals surface area (Å²) in [5.74, 6) is 0.649. The highest BCUT2D eigenvalue weighted by Crippen LogP contribution is 2.13. The summed E-state index contributed by atoms with van der Waals surface area (Å²) in [6.07, 6.45) is 2.24. The van der Waals surface area contributed by atoms with Crippen LogP contribution in [0.1, 0.15) is 18.3 Å². The number of hydrogen-bond acceptors (Lipinski definition) is 4. The van der Waals surface area contributed by atoms with Gasteiger partial charge in [-0.15, -0.1) is 0 Å². The molecular formula is C16H12N4O. The number of pyridine rings is 1. The summed E-state index contributed by atoms with van der Waals surface area (Å²) < 4.78 is 1.57. The summed E-state index contributed by atoms with van der Waals surface area (Å²) in [4.78, 5) is 21.3. The van der Waals surface area contributed by atoms with E-state index in [1.165, 1.54) is 0 Å². The van der Waals surface area contributed by atoms with Gasteiger partial charge in [-0.05, 0) is 36.4 Å². The topological polar surface area (TPSA) is 71.6 Å². The van der Waals surface area contributed by atoms with Crippen LogP contribution >= 0.6 is 0 Å². The van der Waals surface area contributed by atoms with Gasteiger partial charge in [0.05, 0.1) is 22.7 Å². The van der Waals surface area contributed by atoms with Crippen molar-refractivity contribution < 1.29 is 0 Å². The smallest absolute Gasteiger partial charge is 0.267 e. The Bertz CT molecular complexity index is 904. The number of nitrogens with zero attached hydrogens (tertiary/aromatic N) is 4. The molecule has 0 saturated heterocycles. The van der Waals surface area contributed by atoms with Crippen molar-refractivity contribution in [3.8, 4) is 11.8 Å². The lowest BCUT2D eigenvalue weighted by atomic mass is 10.2. The first kappa shape index (κ1) is 13.0. The molecule has 0 aliphatic carbocycles. The Morgan fingerprint density at radius 3 is 2.67 bits per heavy atom. The number of aryl methyl sites for hydroxylation is 1. The minimum Gasteiger partial charge on any atom is -0.268 e. The Hall–Kier alpha value is -3.00. The minimum atomic E-state index is -0.144. The van der Waals surface area contributed by atoms with Crippen molar-refractivity contribution in [2.24, 2.45) is 0 Å². The van der Waals surface area contributed by atoms with E-state index in [0.717, 1.165) is 0 Å². The molecule has 3 rings (SSSR count). The van der Waals surface area contributed by atoms with Crippen LogP contribution in [-0.4, -0.2) is 14.5 Å². The van der Waals surface area contributed by atoms with E-state index >= 15 is 0 Å². The molecular weight excluding hydrogens is 264 g/mol. The zero-order valence-electron chi connectivity index (χ0n) is 11.4. The fraction of sp³-hybridized carbons (Fsp3) is 0.125. The van der Waals surface area contributed by atoms with Crippen molar-refractivity contribution >= 4 is 11.0 Å². The monoisotopic (exact) mass is 276 g/mol. The fourth-order valence-corrected chi connectivity index (χ4v) is 2.25. The van der Waals surface area contributed by atoms with E-state index in [-0.39, 0.29) is 5.56 Å². The summed E-state index contributed by atoms with van der Waals surface area (Å²) in [5, 5.41) is 9.34. The fourth-order valence-electron chi connectivity index (χ4n) is 2.25. The lowest BCUT2D eigenvalue weighted by Crippen LogP contribution is -2.23. The molecule has 1 aromatic carbocycles. The second-order valence-corrected chi connectivity index (χ2v) is 4.56. The largest absolute Gasteiger partial charge is 0.268 e. The Labute approximate surface area is 121 Å². The summed E-state index contributed by atoms with van der Waals surface area (Å²) in [6, 6.07) is 12.4. The van der Waals surface area contributed by atoms with E-state index < -0.39 is 0 Å². The van der Waals surface area contributed by atoms with Gasteiger partial charge in [0.1, 0.15) is 5.82 Å². The van der Waals surface area contributed by atoms with Crippen molar-refractivity contribution in [2.45, 2.75) is 13.3 Å². The second-order valence-electron chi connectivity index (χ2n) is 4.56. The van der Waals surface area contributed by atoms with E-state index in [4.69, 9.17) is 5.26 Å². The first-order valence-corrected chi connectivity index (χ1v) is 6.61. The summed E-state index contributed by atoms with van der Waals surface area (Å²) in [5.41, 5.74) is 1.58. The van der Waals surface area contributed by atoms with Crippen molar-refractivity contribution in [3.05, 3.63) is 64.3 Å². The molecule has 0 amide bonds. The molecule has 0 atom stereocenters. The summed E-state index contributed by atoms with van der Waals surface area (Å²) in [6.45, 7) is 1.94. The number of fused-ring (bicyclic) bond motifs is 1. The maximum Gasteiger partial charge on any atom is 0.267 e. The predicted octanol–water partition coefficient (Wildman–Crippen LogP) is 2.21. The lowest BCUT2D eigenvalue weighted by molar-refractivity contribution is 0.829. The Kier molecular flexibility index (Phi) is 3.20. The Balaban J connectivity index is 2.32. The van der Waals surface area contributed by atoms with Gasteiger partial charge in [-0.2, -0.15) is 5.26 Å². The third-order valence-corrected chi connectivity index (χ3v) is 3.28. The van der Waals surface area contributed by atoms with Crippen LogP contribution in [0, 0.1) is 11.3 Å². The minimum absolute atomic E-state index is 0.144. The molecule has 0 aliphatic heterocycles. The molecule has 21 heavy (non-hydrogen) atoms. The first-order chi connectivity index (χ1) is 10.2. The van der Waals surface area contributed by atoms with Crippen LogP contribution in [0.4, 0.5) is 0 Å². The van der Waals surface area contributed by atoms with Crippen LogP contribution in [0.3, 0.4) is 0 Å². The van der Waals surface area contributed by atoms with Gasteiger partial charge in [-0.25, -0.2) is 9.97 Å². The average Bonchev–Trinajstić information content (AvgIpc) is 2.55. The normalized spacial score (nSPS) is 10.5. The third-order valence-electron chi connectivity index (χ3n) is 3.28. The lowest BCUT2D eigenvalue weighted by Gasteiger charge is -2.11. The average molecular weight is 276 g/mol. The molecule has 0 N–H and O–H groups in total. The van der Waals surface area contributed by atoms with Gasteiger partial charge >= 0.3 is 0 Å². The second kappa shape index (κ2) is 5.17. The Morgan fingerprint density at radius 2 is 2.00 bits per heavy atom. The number of benzene rings is 1. The Morgan fingerprint density at radius 1 is 1.24 bits per heavy atom. The van der Waals surface area contributed by atoms with E-state index in [1.54, 1.807) is 47.2 Å². The number of aromatic nitrogens is 3. The van der Waals surface area contributed by atoms with Gasteiger partial charge in [0.2, 0.25) is 0 Å². The maximum atomic E-state index is 12.7. The van der Waals surface area contributed by atoms with Gasteiger partial charge < -0.3 is 0 Å². The van der Waals surface area contributed by atoms with Crippen LogP contribution in [0.2, 0.25) is 0 Å². The van der Waals surface area contributed by atoms with Crippen LogP contribution in [0.5, 0.6) is 0 Å². The number of rotatable bonds is 2. The molecule has 2 aromatic heterocycles. The van der Waals surface area contributed by atoms with Gasteiger partial charge in [-0.3, -0.25) is 9.36 Å². The summed E-state index contributed by atoms with van der Waals surface area (Å²) in [7, 11) is 0. The van der Waals surface area contributed by atoms with Crippen LogP contribution in [0.15, 0.2) is 47.4 Å². The molecule has 0 spiro atoms. The van der Waals surface area contributed by atoms with Crippen LogP contribution in [0.25, 0.3) is 16.7 Å². The van der Waals surface area contributed by atoms with Crippen molar-refractivity contribution in [3.63, 3.8) is 0 Å². The maximum absolute atomic E-state index is 12.7. The molecule has 102 valence electrons. The van der Waals surface area contributed by atoms with E-state index in [2.05, 4.69) is 16.0 Å². The highest BCUT2D eigenvalue weighted by Gasteiger charge is 2.11. The zero-order valence-corrected chi connectivity index (χ0v) is 11.4. The number of nitriles is 1. The highest BCUT2D eigenvalue weighted by molar-refractivity contribution is 5.73. The molecule has 0 fully saturated rings. The van der Waals surface area contributed by atoms with E-state index in [1.807, 2.05) is 6.92 Å². The quantitative estimate of drug-likeness (QED) is 0.719. The molecule has 5 nitrogen and oxygen atoms in total. The van der Waals surface area contributed by atoms with Crippen molar-refractivity contribution in [2.75, 3.05) is 0 Å². The van der Waals surface area contributed by atoms with Gasteiger partial charge in [-0.1, -0.05) is 6.92 Å². The van der Waals surface area contributed by atoms with Crippen LogP contribution in [-0.2, 0) is 6.42 Å². The van der Waals surface area contributed by atoms with E-state index in [9.17, 15) is 4.79 Å². The predicted molar refractivity (Wildman–Crippen MR) is 79.2 cm³/mol. The first-order valence-electron chi connectivity index (χ1n) is 6.61. The van der Waals surface area contributed by atoms with Crippen molar-refractivity contribution in [1.29, 1.82) is 5.26 Å². The molecule has 5 heteroatoms. The summed E-state index contributed by atoms with van der Waals surface area (Å²) >= 11 is 0. The standard InChI is InChI=1S/C16H12N4O/c1-2-14-19-15-13(4-3-9-18-15)16(21)20(14)12-7-5-11(10-17)6-8-12/h3-9H,2H2,1H3. The number of hydrogen-bond donors (Lipinski definition) is 0. The molecule has 2 heterocycles. The SMILES string of the molecule is CCc1nc2ncccc2c(=O)n1-c1ccc(C#N)cc1. The van der Waals surface area contributed by atoms with E-state index in [0.29, 0.717) is 34.5 Å². The highest BCUT2D eigenvalue weighted by atomic mass is 16.1. The van der Waals surface area contributed by atoms with Crippen molar-refractivity contribution in [1.82, 2.24) is 14.5 Å². The van der Waals surface area contributed by atoms with Gasteiger partial charge in [0.15, 0.2) is 5.65 Å². The molecule has 0 unspecified atom stereocenters. The van der Waals surface area contributed by atoms with Gasteiger partial charge in [0, 0.05) is 12.6 Å². The molecule has 3 aromatic rings. The molecule has 0 saturated carbocycles. The molecule has 0 aliphatic rings. The third kappa shape index (κ3) is 2.17. The van der Waals surface area contributed by atoms with Gasteiger partial charge in [0.25, 0.3) is 5.56 Å². The molecule has 0 radical (unpaired) electrons. The van der Waals surface area contributed by atoms with Crippen LogP contribution < -0.4 is 5.56 Å².